The topological polar surface area (TPSA) is 127 Å². The Bertz CT molecular complexity index is 661. The fraction of sp³-hybridized carbons (Fsp3) is 0.867. The van der Waals surface area contributed by atoms with Gasteiger partial charge in [-0.05, 0) is 18.8 Å². The second kappa shape index (κ2) is 23.0. The zero-order chi connectivity index (χ0) is 28.7. The number of hydrogen-bond donors (Lipinski definition) is 2. The number of carboxylic acids is 1. The Morgan fingerprint density at radius 2 is 1.13 bits per heavy atom. The Morgan fingerprint density at radius 1 is 0.658 bits per heavy atom. The van der Waals surface area contributed by atoms with Crippen LogP contribution >= 0.6 is 0 Å². The van der Waals surface area contributed by atoms with Crippen LogP contribution in [0.3, 0.4) is 0 Å². The van der Waals surface area contributed by atoms with E-state index in [0.717, 1.165) is 50.9 Å². The first-order valence-corrected chi connectivity index (χ1v) is 15.0. The van der Waals surface area contributed by atoms with Gasteiger partial charge >= 0.3 is 23.9 Å². The van der Waals surface area contributed by atoms with Crippen molar-refractivity contribution in [1.82, 2.24) is 0 Å². The van der Waals surface area contributed by atoms with E-state index in [4.69, 9.17) is 4.74 Å². The van der Waals surface area contributed by atoms with Gasteiger partial charge in [0.15, 0.2) is 5.60 Å². The Morgan fingerprint density at radius 3 is 1.66 bits per heavy atom. The van der Waals surface area contributed by atoms with Crippen molar-refractivity contribution in [3.8, 4) is 0 Å². The van der Waals surface area contributed by atoms with Gasteiger partial charge in [0.05, 0.1) is 19.4 Å². The van der Waals surface area contributed by atoms with Crippen molar-refractivity contribution in [2.24, 2.45) is 5.92 Å². The molecule has 0 rings (SSSR count). The molecule has 0 radical (unpaired) electrons. The van der Waals surface area contributed by atoms with Gasteiger partial charge in [-0.2, -0.15) is 0 Å². The SMILES string of the molecule is CCCCCCCC(=O)OC(=O)CC(O)(CC(=O)OCCCCCCCCCCCCCC(C)C)C(=O)O. The van der Waals surface area contributed by atoms with Crippen molar-refractivity contribution in [2.45, 2.75) is 155 Å². The predicted octanol–water partition coefficient (Wildman–Crippen LogP) is 6.89. The number of carbonyl (C=O) groups is 4. The quantitative estimate of drug-likeness (QED) is 0.0725. The summed E-state index contributed by atoms with van der Waals surface area (Å²) < 4.78 is 9.68. The zero-order valence-electron chi connectivity index (χ0n) is 24.3. The molecule has 222 valence electrons. The molecule has 0 aliphatic carbocycles. The first kappa shape index (κ1) is 36.0. The van der Waals surface area contributed by atoms with Gasteiger partial charge in [-0.25, -0.2) is 4.79 Å². The lowest BCUT2D eigenvalue weighted by Gasteiger charge is -2.21. The summed E-state index contributed by atoms with van der Waals surface area (Å²) in [6.45, 7) is 6.75. The minimum Gasteiger partial charge on any atom is -0.479 e. The van der Waals surface area contributed by atoms with Crippen LogP contribution in [0.1, 0.15) is 149 Å². The summed E-state index contributed by atoms with van der Waals surface area (Å²) in [7, 11) is 0. The standard InChI is InChI=1S/C30H54O8/c1-4-5-6-14-18-21-26(31)38-28(33)24-30(36,29(34)35)23-27(32)37-22-19-16-13-11-9-7-8-10-12-15-17-20-25(2)3/h25,36H,4-24H2,1-3H3,(H,34,35). The van der Waals surface area contributed by atoms with E-state index < -0.39 is 42.3 Å². The number of hydrogen-bond acceptors (Lipinski definition) is 7. The third-order valence-electron chi connectivity index (χ3n) is 6.67. The molecule has 8 heteroatoms. The van der Waals surface area contributed by atoms with Crippen molar-refractivity contribution >= 4 is 23.9 Å². The molecule has 8 nitrogen and oxygen atoms in total. The van der Waals surface area contributed by atoms with Crippen LogP contribution in [-0.4, -0.2) is 46.3 Å². The smallest absolute Gasteiger partial charge is 0.336 e. The highest BCUT2D eigenvalue weighted by molar-refractivity contribution is 5.92. The molecule has 0 fully saturated rings. The minimum absolute atomic E-state index is 0.0432. The molecular weight excluding hydrogens is 488 g/mol. The molecule has 38 heavy (non-hydrogen) atoms. The monoisotopic (exact) mass is 542 g/mol. The van der Waals surface area contributed by atoms with E-state index in [1.807, 2.05) is 0 Å². The van der Waals surface area contributed by atoms with Crippen molar-refractivity contribution in [2.75, 3.05) is 6.61 Å². The Balaban J connectivity index is 3.96. The maximum absolute atomic E-state index is 12.1. The summed E-state index contributed by atoms with van der Waals surface area (Å²) in [5.74, 6) is -3.78. The number of carbonyl (C=O) groups excluding carboxylic acids is 3. The van der Waals surface area contributed by atoms with Crippen molar-refractivity contribution in [3.05, 3.63) is 0 Å². The summed E-state index contributed by atoms with van der Waals surface area (Å²) >= 11 is 0. The van der Waals surface area contributed by atoms with E-state index in [9.17, 15) is 29.4 Å². The van der Waals surface area contributed by atoms with Gasteiger partial charge in [0.1, 0.15) is 0 Å². The summed E-state index contributed by atoms with van der Waals surface area (Å²) in [4.78, 5) is 47.3. The molecule has 0 aromatic heterocycles. The van der Waals surface area contributed by atoms with E-state index in [-0.39, 0.29) is 13.0 Å². The van der Waals surface area contributed by atoms with Crippen molar-refractivity contribution in [1.29, 1.82) is 0 Å². The lowest BCUT2D eigenvalue weighted by Crippen LogP contribution is -2.43. The molecule has 0 aromatic rings. The van der Waals surface area contributed by atoms with Crippen LogP contribution in [0.4, 0.5) is 0 Å². The molecule has 0 spiro atoms. The van der Waals surface area contributed by atoms with E-state index in [2.05, 4.69) is 25.5 Å². The molecule has 1 atom stereocenters. The Kier molecular flexibility index (Phi) is 21.8. The lowest BCUT2D eigenvalue weighted by atomic mass is 9.96. The molecule has 0 aliphatic heterocycles. The fourth-order valence-corrected chi connectivity index (χ4v) is 4.26. The van der Waals surface area contributed by atoms with Crippen LogP contribution in [0.15, 0.2) is 0 Å². The molecular formula is C30H54O8. The number of unbranched alkanes of at least 4 members (excludes halogenated alkanes) is 14. The highest BCUT2D eigenvalue weighted by Crippen LogP contribution is 2.19. The van der Waals surface area contributed by atoms with Gasteiger partial charge in [-0.1, -0.05) is 117 Å². The third-order valence-corrected chi connectivity index (χ3v) is 6.67. The summed E-state index contributed by atoms with van der Waals surface area (Å²) in [6, 6.07) is 0. The van der Waals surface area contributed by atoms with Gasteiger partial charge < -0.3 is 19.7 Å². The summed E-state index contributed by atoms with van der Waals surface area (Å²) in [5.41, 5.74) is -2.68. The fourth-order valence-electron chi connectivity index (χ4n) is 4.26. The molecule has 2 N–H and O–H groups in total. The number of aliphatic hydroxyl groups is 1. The molecule has 0 bridgehead atoms. The Hall–Kier alpha value is -1.96. The highest BCUT2D eigenvalue weighted by Gasteiger charge is 2.42. The van der Waals surface area contributed by atoms with E-state index >= 15 is 0 Å². The van der Waals surface area contributed by atoms with Gasteiger partial charge in [-0.3, -0.25) is 14.4 Å². The maximum Gasteiger partial charge on any atom is 0.336 e. The van der Waals surface area contributed by atoms with Crippen LogP contribution in [0.25, 0.3) is 0 Å². The van der Waals surface area contributed by atoms with E-state index in [1.54, 1.807) is 0 Å². The largest absolute Gasteiger partial charge is 0.479 e. The second-order valence-corrected chi connectivity index (χ2v) is 11.0. The first-order valence-electron chi connectivity index (χ1n) is 15.0. The van der Waals surface area contributed by atoms with Gasteiger partial charge in [0, 0.05) is 6.42 Å². The molecule has 0 saturated carbocycles. The van der Waals surface area contributed by atoms with Gasteiger partial charge in [0.2, 0.25) is 0 Å². The second-order valence-electron chi connectivity index (χ2n) is 11.0. The number of esters is 3. The van der Waals surface area contributed by atoms with Crippen molar-refractivity contribution in [3.63, 3.8) is 0 Å². The van der Waals surface area contributed by atoms with Gasteiger partial charge in [-0.15, -0.1) is 0 Å². The average Bonchev–Trinajstić information content (AvgIpc) is 2.83. The van der Waals surface area contributed by atoms with Crippen LogP contribution < -0.4 is 0 Å². The minimum atomic E-state index is -2.68. The number of ether oxygens (including phenoxy) is 2. The van der Waals surface area contributed by atoms with Crippen LogP contribution in [0.2, 0.25) is 0 Å². The zero-order valence-corrected chi connectivity index (χ0v) is 24.3. The third kappa shape index (κ3) is 21.0. The van der Waals surface area contributed by atoms with Crippen LogP contribution in [-0.2, 0) is 28.7 Å². The summed E-state index contributed by atoms with van der Waals surface area (Å²) in [5, 5.41) is 19.7. The van der Waals surface area contributed by atoms with Crippen LogP contribution in [0.5, 0.6) is 0 Å². The van der Waals surface area contributed by atoms with E-state index in [1.165, 1.54) is 51.4 Å². The van der Waals surface area contributed by atoms with Crippen molar-refractivity contribution < 1.29 is 38.9 Å². The lowest BCUT2D eigenvalue weighted by molar-refractivity contribution is -0.175. The Labute approximate surface area is 230 Å². The van der Waals surface area contributed by atoms with Crippen LogP contribution in [0, 0.1) is 5.92 Å². The molecule has 1 unspecified atom stereocenters. The molecule has 0 heterocycles. The number of rotatable bonds is 25. The average molecular weight is 543 g/mol. The summed E-state index contributed by atoms with van der Waals surface area (Å²) in [6.07, 6.45) is 16.8. The first-order chi connectivity index (χ1) is 18.1. The number of carboxylic acid groups (broad SMARTS) is 1. The molecule has 0 aromatic carbocycles. The highest BCUT2D eigenvalue weighted by atomic mass is 16.6. The molecule has 0 aliphatic rings. The number of aliphatic carboxylic acids is 1. The normalized spacial score (nSPS) is 12.8. The van der Waals surface area contributed by atoms with E-state index in [0.29, 0.717) is 12.8 Å². The molecule has 0 saturated heterocycles. The molecule has 0 amide bonds. The maximum atomic E-state index is 12.1. The predicted molar refractivity (Wildman–Crippen MR) is 147 cm³/mol. The van der Waals surface area contributed by atoms with Gasteiger partial charge in [0.25, 0.3) is 0 Å².